The Bertz CT molecular complexity index is 1080. The van der Waals surface area contributed by atoms with E-state index >= 15 is 0 Å². The second-order valence-corrected chi connectivity index (χ2v) is 6.73. The molecule has 0 saturated carbocycles. The number of carbonyl (C=O) groups is 1. The molecular formula is C21H21N3O4. The number of para-hydroxylation sites is 2. The average Bonchev–Trinajstić information content (AvgIpc) is 2.72. The smallest absolute Gasteiger partial charge is 0.275 e. The number of rotatable bonds is 5. The van der Waals surface area contributed by atoms with E-state index in [1.165, 1.54) is 4.68 Å². The highest BCUT2D eigenvalue weighted by atomic mass is 16.6. The van der Waals surface area contributed by atoms with Crippen LogP contribution in [0.5, 0.6) is 11.5 Å². The van der Waals surface area contributed by atoms with Crippen LogP contribution in [0.25, 0.3) is 10.8 Å². The number of benzene rings is 2. The van der Waals surface area contributed by atoms with Gasteiger partial charge in [-0.2, -0.15) is 5.10 Å². The third-order valence-corrected chi connectivity index (χ3v) is 4.70. The van der Waals surface area contributed by atoms with E-state index < -0.39 is 0 Å². The standard InChI is InChI=1S/C21H21N3O4/c1-14-16-6-2-3-7-17(16)21(26)24(23-14)12-20(25)22-11-10-15-13-27-18-8-4-5-9-19(18)28-15/h2-9,15H,10-13H2,1H3,(H,22,25). The van der Waals surface area contributed by atoms with E-state index in [4.69, 9.17) is 9.47 Å². The lowest BCUT2D eigenvalue weighted by Crippen LogP contribution is -2.37. The first-order valence-electron chi connectivity index (χ1n) is 9.23. The Labute approximate surface area is 161 Å². The largest absolute Gasteiger partial charge is 0.486 e. The number of fused-ring (bicyclic) bond motifs is 2. The third-order valence-electron chi connectivity index (χ3n) is 4.70. The summed E-state index contributed by atoms with van der Waals surface area (Å²) >= 11 is 0. The monoisotopic (exact) mass is 379 g/mol. The Kier molecular flexibility index (Phi) is 4.97. The first kappa shape index (κ1) is 18.0. The molecule has 0 radical (unpaired) electrons. The van der Waals surface area contributed by atoms with Gasteiger partial charge in [0.25, 0.3) is 5.56 Å². The maximum absolute atomic E-state index is 12.5. The van der Waals surface area contributed by atoms with Crippen molar-refractivity contribution in [1.82, 2.24) is 15.1 Å². The third kappa shape index (κ3) is 3.69. The summed E-state index contributed by atoms with van der Waals surface area (Å²) in [6.45, 7) is 2.58. The van der Waals surface area contributed by atoms with Gasteiger partial charge >= 0.3 is 0 Å². The minimum absolute atomic E-state index is 0.116. The van der Waals surface area contributed by atoms with Crippen molar-refractivity contribution in [2.45, 2.75) is 26.0 Å². The first-order valence-corrected chi connectivity index (χ1v) is 9.23. The van der Waals surface area contributed by atoms with Gasteiger partial charge in [-0.25, -0.2) is 4.68 Å². The maximum Gasteiger partial charge on any atom is 0.275 e. The van der Waals surface area contributed by atoms with E-state index in [0.717, 1.165) is 16.8 Å². The summed E-state index contributed by atoms with van der Waals surface area (Å²) < 4.78 is 12.7. The van der Waals surface area contributed by atoms with Crippen LogP contribution in [0.1, 0.15) is 12.1 Å². The van der Waals surface area contributed by atoms with E-state index in [-0.39, 0.29) is 24.1 Å². The van der Waals surface area contributed by atoms with Crippen molar-refractivity contribution in [2.75, 3.05) is 13.2 Å². The van der Waals surface area contributed by atoms with Crippen LogP contribution < -0.4 is 20.3 Å². The van der Waals surface area contributed by atoms with Crippen LogP contribution in [0.4, 0.5) is 0 Å². The predicted octanol–water partition coefficient (Wildman–Crippen LogP) is 2.05. The number of nitrogens with one attached hydrogen (secondary N) is 1. The maximum atomic E-state index is 12.5. The number of aromatic nitrogens is 2. The molecule has 0 saturated heterocycles. The Morgan fingerprint density at radius 3 is 2.68 bits per heavy atom. The molecule has 2 heterocycles. The van der Waals surface area contributed by atoms with Crippen molar-refractivity contribution < 1.29 is 14.3 Å². The molecule has 1 aliphatic rings. The van der Waals surface area contributed by atoms with Crippen LogP contribution in [0, 0.1) is 6.92 Å². The number of carbonyl (C=O) groups excluding carboxylic acids is 1. The SMILES string of the molecule is Cc1nn(CC(=O)NCCC2COc3ccccc3O2)c(=O)c2ccccc12. The molecule has 28 heavy (non-hydrogen) atoms. The zero-order chi connectivity index (χ0) is 19.5. The highest BCUT2D eigenvalue weighted by molar-refractivity contribution is 5.83. The van der Waals surface area contributed by atoms with Gasteiger partial charge in [0.15, 0.2) is 11.5 Å². The molecule has 144 valence electrons. The summed E-state index contributed by atoms with van der Waals surface area (Å²) in [6, 6.07) is 14.8. The molecule has 1 aromatic heterocycles. The van der Waals surface area contributed by atoms with Gasteiger partial charge in [-0.1, -0.05) is 30.3 Å². The Balaban J connectivity index is 1.34. The van der Waals surface area contributed by atoms with Gasteiger partial charge in [0, 0.05) is 18.4 Å². The van der Waals surface area contributed by atoms with Crippen molar-refractivity contribution in [1.29, 1.82) is 0 Å². The molecule has 0 fully saturated rings. The number of ether oxygens (including phenoxy) is 2. The van der Waals surface area contributed by atoms with Crippen molar-refractivity contribution in [3.63, 3.8) is 0 Å². The fourth-order valence-corrected chi connectivity index (χ4v) is 3.28. The molecular weight excluding hydrogens is 358 g/mol. The van der Waals surface area contributed by atoms with Crippen LogP contribution in [-0.2, 0) is 11.3 Å². The van der Waals surface area contributed by atoms with Gasteiger partial charge in [0.2, 0.25) is 5.91 Å². The quantitative estimate of drug-likeness (QED) is 0.734. The van der Waals surface area contributed by atoms with Gasteiger partial charge in [-0.15, -0.1) is 0 Å². The number of nitrogens with zero attached hydrogens (tertiary/aromatic N) is 2. The van der Waals surface area contributed by atoms with Crippen LogP contribution in [0.2, 0.25) is 0 Å². The first-order chi connectivity index (χ1) is 13.6. The van der Waals surface area contributed by atoms with Gasteiger partial charge in [0.05, 0.1) is 11.1 Å². The summed E-state index contributed by atoms with van der Waals surface area (Å²) in [4.78, 5) is 24.8. The van der Waals surface area contributed by atoms with E-state index in [1.807, 2.05) is 43.3 Å². The molecule has 1 amide bonds. The van der Waals surface area contributed by atoms with Crippen LogP contribution >= 0.6 is 0 Å². The molecule has 0 spiro atoms. The van der Waals surface area contributed by atoms with Crippen molar-refractivity contribution in [3.8, 4) is 11.5 Å². The summed E-state index contributed by atoms with van der Waals surface area (Å²) in [6.07, 6.45) is 0.484. The van der Waals surface area contributed by atoms with Gasteiger partial charge in [-0.3, -0.25) is 9.59 Å². The number of aryl methyl sites for hydroxylation is 1. The minimum Gasteiger partial charge on any atom is -0.486 e. The Morgan fingerprint density at radius 2 is 1.86 bits per heavy atom. The summed E-state index contributed by atoms with van der Waals surface area (Å²) in [7, 11) is 0. The fraction of sp³-hybridized carbons (Fsp3) is 0.286. The topological polar surface area (TPSA) is 82.5 Å². The fourth-order valence-electron chi connectivity index (χ4n) is 3.28. The van der Waals surface area contributed by atoms with Gasteiger partial charge in [0.1, 0.15) is 19.3 Å². The van der Waals surface area contributed by atoms with Crippen molar-refractivity contribution >= 4 is 16.7 Å². The van der Waals surface area contributed by atoms with Crippen LogP contribution in [-0.4, -0.2) is 34.9 Å². The molecule has 0 bridgehead atoms. The lowest BCUT2D eigenvalue weighted by atomic mass is 10.1. The van der Waals surface area contributed by atoms with Crippen LogP contribution in [0.3, 0.4) is 0 Å². The summed E-state index contributed by atoms with van der Waals surface area (Å²) in [5.41, 5.74) is 0.450. The second kappa shape index (κ2) is 7.72. The van der Waals surface area contributed by atoms with Crippen LogP contribution in [0.15, 0.2) is 53.3 Å². The van der Waals surface area contributed by atoms with E-state index in [0.29, 0.717) is 30.7 Å². The molecule has 1 aliphatic heterocycles. The lowest BCUT2D eigenvalue weighted by Gasteiger charge is -2.26. The molecule has 1 atom stereocenters. The summed E-state index contributed by atoms with van der Waals surface area (Å²) in [5.74, 6) is 1.19. The Morgan fingerprint density at radius 1 is 1.14 bits per heavy atom. The molecule has 2 aromatic carbocycles. The van der Waals surface area contributed by atoms with E-state index in [2.05, 4.69) is 10.4 Å². The van der Waals surface area contributed by atoms with Gasteiger partial charge < -0.3 is 14.8 Å². The zero-order valence-electron chi connectivity index (χ0n) is 15.6. The normalized spacial score (nSPS) is 15.4. The van der Waals surface area contributed by atoms with E-state index in [9.17, 15) is 9.59 Å². The lowest BCUT2D eigenvalue weighted by molar-refractivity contribution is -0.122. The molecule has 4 rings (SSSR count). The highest BCUT2D eigenvalue weighted by Gasteiger charge is 2.20. The molecule has 7 nitrogen and oxygen atoms in total. The van der Waals surface area contributed by atoms with Crippen molar-refractivity contribution in [2.24, 2.45) is 0 Å². The predicted molar refractivity (Wildman–Crippen MR) is 105 cm³/mol. The second-order valence-electron chi connectivity index (χ2n) is 6.73. The molecule has 3 aromatic rings. The minimum atomic E-state index is -0.267. The van der Waals surface area contributed by atoms with Gasteiger partial charge in [-0.05, 0) is 25.1 Å². The van der Waals surface area contributed by atoms with Crippen molar-refractivity contribution in [3.05, 3.63) is 64.6 Å². The number of amides is 1. The average molecular weight is 379 g/mol. The number of hydrogen-bond acceptors (Lipinski definition) is 5. The molecule has 7 heteroatoms. The van der Waals surface area contributed by atoms with E-state index in [1.54, 1.807) is 12.1 Å². The Hall–Kier alpha value is -3.35. The molecule has 1 N–H and O–H groups in total. The summed E-state index contributed by atoms with van der Waals surface area (Å²) in [5, 5.41) is 8.45. The highest BCUT2D eigenvalue weighted by Crippen LogP contribution is 2.31. The molecule has 1 unspecified atom stereocenters. The zero-order valence-corrected chi connectivity index (χ0v) is 15.6. The number of hydrogen-bond donors (Lipinski definition) is 1. The molecule has 0 aliphatic carbocycles.